The number of amides is 4. The number of hydrogen-bond donors (Lipinski definition) is 7. The summed E-state index contributed by atoms with van der Waals surface area (Å²) in [6, 6.07) is -3.72. The minimum atomic E-state index is -1.41. The van der Waals surface area contributed by atoms with Crippen LogP contribution < -0.4 is 27.0 Å². The number of rotatable bonds is 16. The Morgan fingerprint density at radius 3 is 1.97 bits per heavy atom. The predicted molar refractivity (Wildman–Crippen MR) is 111 cm³/mol. The van der Waals surface area contributed by atoms with E-state index in [1.54, 1.807) is 13.8 Å². The van der Waals surface area contributed by atoms with Crippen LogP contribution >= 0.6 is 0 Å². The fourth-order valence-electron chi connectivity index (χ4n) is 2.57. The molecule has 0 aromatic rings. The molecule has 31 heavy (non-hydrogen) atoms. The molecule has 0 aliphatic heterocycles. The number of aldehydes is 1. The molecule has 0 saturated heterocycles. The lowest BCUT2D eigenvalue weighted by Gasteiger charge is -2.25. The van der Waals surface area contributed by atoms with Gasteiger partial charge in [-0.15, -0.1) is 0 Å². The molecule has 0 saturated carbocycles. The van der Waals surface area contributed by atoms with Gasteiger partial charge in [0.05, 0.1) is 19.8 Å². The molecule has 0 heterocycles. The molecule has 0 aliphatic carbocycles. The van der Waals surface area contributed by atoms with Crippen molar-refractivity contribution in [2.45, 2.75) is 57.7 Å². The van der Waals surface area contributed by atoms with E-state index in [2.05, 4.69) is 21.3 Å². The molecule has 0 aromatic heterocycles. The number of nitrogens with one attached hydrogen (secondary N) is 4. The van der Waals surface area contributed by atoms with Crippen LogP contribution in [0, 0.1) is 5.92 Å². The third-order valence-corrected chi connectivity index (χ3v) is 4.36. The van der Waals surface area contributed by atoms with Gasteiger partial charge >= 0.3 is 0 Å². The second-order valence-electron chi connectivity index (χ2n) is 7.29. The summed E-state index contributed by atoms with van der Waals surface area (Å²) in [5, 5.41) is 28.3. The van der Waals surface area contributed by atoms with Gasteiger partial charge in [-0.1, -0.05) is 20.3 Å². The largest absolute Gasteiger partial charge is 0.394 e. The van der Waals surface area contributed by atoms with Crippen molar-refractivity contribution in [1.29, 1.82) is 0 Å². The van der Waals surface area contributed by atoms with Gasteiger partial charge in [0.2, 0.25) is 23.6 Å². The van der Waals surface area contributed by atoms with Gasteiger partial charge in [0, 0.05) is 6.42 Å². The van der Waals surface area contributed by atoms with Crippen molar-refractivity contribution in [3.8, 4) is 0 Å². The first kappa shape index (κ1) is 28.4. The number of nitrogens with two attached hydrogens (primary N) is 1. The highest BCUT2D eigenvalue weighted by molar-refractivity contribution is 5.94. The van der Waals surface area contributed by atoms with Gasteiger partial charge in [0.15, 0.2) is 0 Å². The number of aliphatic hydroxyl groups excluding tert-OH is 2. The third-order valence-electron chi connectivity index (χ3n) is 4.36. The average Bonchev–Trinajstić information content (AvgIpc) is 2.74. The fraction of sp³-hybridized carbons (Fsp3) is 0.737. The summed E-state index contributed by atoms with van der Waals surface area (Å²) < 4.78 is 0. The zero-order chi connectivity index (χ0) is 23.8. The summed E-state index contributed by atoms with van der Waals surface area (Å²) >= 11 is 0. The van der Waals surface area contributed by atoms with Crippen LogP contribution in [0.25, 0.3) is 0 Å². The van der Waals surface area contributed by atoms with Crippen molar-refractivity contribution >= 4 is 29.9 Å². The van der Waals surface area contributed by atoms with E-state index >= 15 is 0 Å². The second kappa shape index (κ2) is 16.2. The van der Waals surface area contributed by atoms with E-state index in [0.717, 1.165) is 12.8 Å². The Bertz CT molecular complexity index is 600. The van der Waals surface area contributed by atoms with Crippen molar-refractivity contribution in [2.24, 2.45) is 11.7 Å². The molecule has 0 radical (unpaired) electrons. The van der Waals surface area contributed by atoms with Crippen LogP contribution in [0.4, 0.5) is 0 Å². The number of carbonyl (C=O) groups is 5. The highest BCUT2D eigenvalue weighted by Gasteiger charge is 2.30. The molecule has 0 aromatic carbocycles. The quantitative estimate of drug-likeness (QED) is 0.0957. The Kier molecular flexibility index (Phi) is 14.8. The summed E-state index contributed by atoms with van der Waals surface area (Å²) in [7, 11) is 0. The standard InChI is InChI=1S/C19H35N5O7/c1-12(2)16(19(31)21-8-9-25)24-18(30)14(11-27)23-17(29)13(10-26)22-15(28)6-4-3-5-7-20/h9,12-14,16,26-27H,3-8,10-11,20H2,1-2H3,(H,21,31)(H,22,28)(H,23,29)(H,24,30)/t13-,14-,16-/m0/s1. The Morgan fingerprint density at radius 2 is 1.45 bits per heavy atom. The maximum atomic E-state index is 12.4. The molecule has 12 heteroatoms. The summed E-state index contributed by atoms with van der Waals surface area (Å²) in [6.45, 7) is 2.16. The highest BCUT2D eigenvalue weighted by Crippen LogP contribution is 2.03. The molecule has 3 atom stereocenters. The van der Waals surface area contributed by atoms with Crippen LogP contribution in [0.2, 0.25) is 0 Å². The molecule has 0 aliphatic rings. The van der Waals surface area contributed by atoms with Crippen molar-refractivity contribution in [3.05, 3.63) is 0 Å². The fourth-order valence-corrected chi connectivity index (χ4v) is 2.57. The van der Waals surface area contributed by atoms with E-state index in [0.29, 0.717) is 19.3 Å². The maximum absolute atomic E-state index is 12.4. The Balaban J connectivity index is 4.88. The van der Waals surface area contributed by atoms with Crippen molar-refractivity contribution < 1.29 is 34.2 Å². The van der Waals surface area contributed by atoms with Crippen molar-refractivity contribution in [1.82, 2.24) is 21.3 Å². The minimum absolute atomic E-state index is 0.152. The minimum Gasteiger partial charge on any atom is -0.394 e. The van der Waals surface area contributed by atoms with Crippen molar-refractivity contribution in [2.75, 3.05) is 26.3 Å². The summed E-state index contributed by atoms with van der Waals surface area (Å²) in [4.78, 5) is 59.2. The van der Waals surface area contributed by atoms with Gasteiger partial charge < -0.3 is 42.0 Å². The molecule has 0 bridgehead atoms. The number of carbonyl (C=O) groups excluding carboxylic acids is 5. The number of aliphatic hydroxyl groups is 2. The molecule has 0 unspecified atom stereocenters. The van der Waals surface area contributed by atoms with E-state index in [9.17, 15) is 34.2 Å². The molecule has 12 nitrogen and oxygen atoms in total. The molecule has 0 rings (SSSR count). The number of unbranched alkanes of at least 4 members (excludes halogenated alkanes) is 2. The number of hydrogen-bond acceptors (Lipinski definition) is 8. The van der Waals surface area contributed by atoms with E-state index in [1.807, 2.05) is 0 Å². The Labute approximate surface area is 181 Å². The third kappa shape index (κ3) is 11.4. The first-order valence-electron chi connectivity index (χ1n) is 10.2. The zero-order valence-electron chi connectivity index (χ0n) is 18.1. The average molecular weight is 446 g/mol. The Morgan fingerprint density at radius 1 is 0.871 bits per heavy atom. The summed E-state index contributed by atoms with van der Waals surface area (Å²) in [6.07, 6.45) is 2.75. The van der Waals surface area contributed by atoms with Crippen LogP contribution in [-0.4, -0.2) is 84.6 Å². The van der Waals surface area contributed by atoms with Gasteiger partial charge in [-0.2, -0.15) is 0 Å². The molecule has 8 N–H and O–H groups in total. The van der Waals surface area contributed by atoms with Gasteiger partial charge in [0.1, 0.15) is 24.4 Å². The van der Waals surface area contributed by atoms with Gasteiger partial charge in [-0.3, -0.25) is 19.2 Å². The topological polar surface area (TPSA) is 200 Å². The molecular formula is C19H35N5O7. The van der Waals surface area contributed by atoms with Crippen LogP contribution in [-0.2, 0) is 24.0 Å². The molecule has 4 amide bonds. The van der Waals surface area contributed by atoms with Crippen LogP contribution in [0.3, 0.4) is 0 Å². The van der Waals surface area contributed by atoms with E-state index in [4.69, 9.17) is 5.73 Å². The van der Waals surface area contributed by atoms with Gasteiger partial charge in [-0.05, 0) is 25.3 Å². The van der Waals surface area contributed by atoms with Crippen LogP contribution in [0.1, 0.15) is 39.5 Å². The van der Waals surface area contributed by atoms with E-state index < -0.39 is 55.0 Å². The highest BCUT2D eigenvalue weighted by atomic mass is 16.3. The SMILES string of the molecule is CC(C)[C@H](NC(=O)[C@H](CO)NC(=O)[C@H](CO)NC(=O)CCCCCN)C(=O)NCC=O. The van der Waals surface area contributed by atoms with Gasteiger partial charge in [-0.25, -0.2) is 0 Å². The lowest BCUT2D eigenvalue weighted by atomic mass is 10.0. The van der Waals surface area contributed by atoms with E-state index in [1.165, 1.54) is 0 Å². The first-order chi connectivity index (χ1) is 14.7. The van der Waals surface area contributed by atoms with Crippen LogP contribution in [0.15, 0.2) is 0 Å². The summed E-state index contributed by atoms with van der Waals surface area (Å²) in [5.74, 6) is -3.06. The molecule has 0 spiro atoms. The van der Waals surface area contributed by atoms with Crippen LogP contribution in [0.5, 0.6) is 0 Å². The maximum Gasteiger partial charge on any atom is 0.245 e. The molecular weight excluding hydrogens is 410 g/mol. The smallest absolute Gasteiger partial charge is 0.245 e. The van der Waals surface area contributed by atoms with Crippen molar-refractivity contribution in [3.63, 3.8) is 0 Å². The lowest BCUT2D eigenvalue weighted by Crippen LogP contribution is -2.59. The monoisotopic (exact) mass is 445 g/mol. The zero-order valence-corrected chi connectivity index (χ0v) is 18.1. The van der Waals surface area contributed by atoms with E-state index in [-0.39, 0.29) is 18.9 Å². The van der Waals surface area contributed by atoms with Gasteiger partial charge in [0.25, 0.3) is 0 Å². The molecule has 178 valence electrons. The predicted octanol–water partition coefficient (Wildman–Crippen LogP) is -3.08. The normalized spacial score (nSPS) is 13.6. The molecule has 0 fully saturated rings. The first-order valence-corrected chi connectivity index (χ1v) is 10.2. The second-order valence-corrected chi connectivity index (χ2v) is 7.29. The Hall–Kier alpha value is -2.57. The summed E-state index contributed by atoms with van der Waals surface area (Å²) in [5.41, 5.74) is 5.38. The lowest BCUT2D eigenvalue weighted by molar-refractivity contribution is -0.135.